The minimum atomic E-state index is -3.96. The molecule has 2 heterocycles. The fraction of sp³-hybridized carbons (Fsp3) is 0. The zero-order valence-electron chi connectivity index (χ0n) is 16.1. The van der Waals surface area contributed by atoms with Crippen molar-refractivity contribution in [2.24, 2.45) is 0 Å². The molecule has 160 valence electrons. The average Bonchev–Trinajstić information content (AvgIpc) is 3.42. The van der Waals surface area contributed by atoms with Gasteiger partial charge in [-0.25, -0.2) is 18.1 Å². The molecule has 0 radical (unpaired) electrons. The standard InChI is InChI=1S/C21H13Br2N5O3S/c22-12-9-10-15(23)18(11-12)32(29,30)28-21-27-26-20(31-21)14-6-2-1-5-13(14)19-24-16-7-3-4-8-17(16)25-19/h1-11H,(H,24,25)(H,27,28). The number of hydrogen-bond donors (Lipinski definition) is 2. The van der Waals surface area contributed by atoms with Gasteiger partial charge in [0, 0.05) is 20.1 Å². The lowest BCUT2D eigenvalue weighted by Crippen LogP contribution is -2.13. The smallest absolute Gasteiger partial charge is 0.330 e. The number of nitrogens with zero attached hydrogens (tertiary/aromatic N) is 3. The van der Waals surface area contributed by atoms with Crippen molar-refractivity contribution in [1.29, 1.82) is 0 Å². The van der Waals surface area contributed by atoms with E-state index in [0.717, 1.165) is 16.6 Å². The van der Waals surface area contributed by atoms with Crippen molar-refractivity contribution in [2.45, 2.75) is 4.90 Å². The van der Waals surface area contributed by atoms with Crippen molar-refractivity contribution >= 4 is 58.9 Å². The molecule has 0 saturated heterocycles. The number of H-pyrrole nitrogens is 1. The van der Waals surface area contributed by atoms with Crippen LogP contribution in [0.1, 0.15) is 0 Å². The molecule has 0 atom stereocenters. The van der Waals surface area contributed by atoms with Crippen LogP contribution in [0, 0.1) is 0 Å². The van der Waals surface area contributed by atoms with Gasteiger partial charge in [0.1, 0.15) is 10.7 Å². The second kappa shape index (κ2) is 8.15. The van der Waals surface area contributed by atoms with Gasteiger partial charge < -0.3 is 9.40 Å². The van der Waals surface area contributed by atoms with E-state index in [0.29, 0.717) is 20.3 Å². The van der Waals surface area contributed by atoms with E-state index in [1.807, 2.05) is 42.5 Å². The maximum absolute atomic E-state index is 12.8. The summed E-state index contributed by atoms with van der Waals surface area (Å²) >= 11 is 6.53. The van der Waals surface area contributed by atoms with Gasteiger partial charge in [0.15, 0.2) is 0 Å². The highest BCUT2D eigenvalue weighted by atomic mass is 79.9. The third-order valence-corrected chi connectivity index (χ3v) is 7.44. The number of anilines is 1. The third-order valence-electron chi connectivity index (χ3n) is 4.63. The fourth-order valence-corrected chi connectivity index (χ4v) is 5.61. The summed E-state index contributed by atoms with van der Waals surface area (Å²) in [6.07, 6.45) is 0. The molecule has 0 bridgehead atoms. The van der Waals surface area contributed by atoms with Gasteiger partial charge in [0.05, 0.1) is 11.0 Å². The van der Waals surface area contributed by atoms with Crippen LogP contribution in [-0.2, 0) is 10.0 Å². The highest BCUT2D eigenvalue weighted by Crippen LogP contribution is 2.32. The largest absolute Gasteiger partial charge is 0.403 e. The van der Waals surface area contributed by atoms with Gasteiger partial charge in [-0.1, -0.05) is 51.4 Å². The molecule has 0 fully saturated rings. The van der Waals surface area contributed by atoms with E-state index in [2.05, 4.69) is 56.7 Å². The first kappa shape index (κ1) is 20.9. The Hall–Kier alpha value is -3.02. The molecule has 0 aliphatic carbocycles. The number of sulfonamides is 1. The topological polar surface area (TPSA) is 114 Å². The maximum Gasteiger partial charge on any atom is 0.330 e. The van der Waals surface area contributed by atoms with E-state index in [4.69, 9.17) is 4.42 Å². The minimum absolute atomic E-state index is 0.0364. The Morgan fingerprint density at radius 2 is 1.66 bits per heavy atom. The molecule has 0 amide bonds. The molecule has 0 aliphatic rings. The van der Waals surface area contributed by atoms with Crippen molar-refractivity contribution in [3.8, 4) is 22.8 Å². The predicted octanol–water partition coefficient (Wildman–Crippen LogP) is 5.61. The van der Waals surface area contributed by atoms with E-state index in [9.17, 15) is 8.42 Å². The zero-order valence-corrected chi connectivity index (χ0v) is 20.1. The van der Waals surface area contributed by atoms with E-state index < -0.39 is 10.0 Å². The number of hydrogen-bond acceptors (Lipinski definition) is 6. The quantitative estimate of drug-likeness (QED) is 0.282. The number of aromatic nitrogens is 4. The SMILES string of the molecule is O=S(=O)(Nc1nnc(-c2ccccc2-c2nc3ccccc3[nH]2)o1)c1cc(Br)ccc1Br. The van der Waals surface area contributed by atoms with Crippen LogP contribution < -0.4 is 4.72 Å². The Balaban J connectivity index is 1.50. The number of para-hydroxylation sites is 2. The van der Waals surface area contributed by atoms with E-state index in [1.54, 1.807) is 18.2 Å². The first-order valence-electron chi connectivity index (χ1n) is 9.26. The molecule has 0 saturated carbocycles. The average molecular weight is 575 g/mol. The Bertz CT molecular complexity index is 1530. The second-order valence-corrected chi connectivity index (χ2v) is 10.2. The predicted molar refractivity (Wildman–Crippen MR) is 127 cm³/mol. The fourth-order valence-electron chi connectivity index (χ4n) is 3.18. The van der Waals surface area contributed by atoms with Crippen molar-refractivity contribution < 1.29 is 12.8 Å². The summed E-state index contributed by atoms with van der Waals surface area (Å²) < 4.78 is 34.6. The number of rotatable bonds is 5. The summed E-state index contributed by atoms with van der Waals surface area (Å²) in [6.45, 7) is 0. The molecular formula is C21H13Br2N5O3S. The number of aromatic amines is 1. The van der Waals surface area contributed by atoms with Gasteiger partial charge in [-0.2, -0.15) is 0 Å². The van der Waals surface area contributed by atoms with Gasteiger partial charge >= 0.3 is 6.01 Å². The lowest BCUT2D eigenvalue weighted by Gasteiger charge is -2.07. The highest BCUT2D eigenvalue weighted by molar-refractivity contribution is 9.11. The second-order valence-electron chi connectivity index (χ2n) is 6.74. The lowest BCUT2D eigenvalue weighted by molar-refractivity contribution is 0.577. The molecule has 5 rings (SSSR count). The monoisotopic (exact) mass is 573 g/mol. The van der Waals surface area contributed by atoms with Crippen molar-refractivity contribution in [3.05, 3.63) is 75.7 Å². The Kier molecular flexibility index (Phi) is 5.31. The maximum atomic E-state index is 12.8. The van der Waals surface area contributed by atoms with E-state index >= 15 is 0 Å². The molecular weight excluding hydrogens is 562 g/mol. The molecule has 2 N–H and O–H groups in total. The molecule has 8 nitrogen and oxygen atoms in total. The van der Waals surface area contributed by atoms with Gasteiger partial charge in [-0.3, -0.25) is 0 Å². The summed E-state index contributed by atoms with van der Waals surface area (Å²) in [5, 5.41) is 7.91. The third kappa shape index (κ3) is 3.94. The number of benzene rings is 3. The van der Waals surface area contributed by atoms with Crippen LogP contribution >= 0.6 is 31.9 Å². The van der Waals surface area contributed by atoms with Crippen LogP contribution in [0.3, 0.4) is 0 Å². The highest BCUT2D eigenvalue weighted by Gasteiger charge is 2.22. The minimum Gasteiger partial charge on any atom is -0.403 e. The number of fused-ring (bicyclic) bond motifs is 1. The molecule has 0 aliphatic heterocycles. The normalized spacial score (nSPS) is 11.7. The van der Waals surface area contributed by atoms with Crippen molar-refractivity contribution in [1.82, 2.24) is 20.2 Å². The Morgan fingerprint density at radius 1 is 0.906 bits per heavy atom. The summed E-state index contributed by atoms with van der Waals surface area (Å²) in [7, 11) is -3.96. The van der Waals surface area contributed by atoms with Crippen LogP contribution in [0.2, 0.25) is 0 Å². The summed E-state index contributed by atoms with van der Waals surface area (Å²) in [6, 6.07) is 19.7. The number of imidazole rings is 1. The van der Waals surface area contributed by atoms with Crippen LogP contribution in [-0.4, -0.2) is 28.6 Å². The van der Waals surface area contributed by atoms with E-state index in [-0.39, 0.29) is 16.8 Å². The Labute approximate surface area is 199 Å². The van der Waals surface area contributed by atoms with Crippen LogP contribution in [0.15, 0.2) is 85.0 Å². The Morgan fingerprint density at radius 3 is 2.47 bits per heavy atom. The van der Waals surface area contributed by atoms with Crippen LogP contribution in [0.5, 0.6) is 0 Å². The van der Waals surface area contributed by atoms with E-state index in [1.165, 1.54) is 6.07 Å². The van der Waals surface area contributed by atoms with Crippen molar-refractivity contribution in [2.75, 3.05) is 4.72 Å². The van der Waals surface area contributed by atoms with Gasteiger partial charge in [0.2, 0.25) is 0 Å². The van der Waals surface area contributed by atoms with Crippen molar-refractivity contribution in [3.63, 3.8) is 0 Å². The number of halogens is 2. The van der Waals surface area contributed by atoms with Gasteiger partial charge in [-0.05, 0) is 52.3 Å². The summed E-state index contributed by atoms with van der Waals surface area (Å²) in [4.78, 5) is 7.94. The summed E-state index contributed by atoms with van der Waals surface area (Å²) in [5.74, 6) is 0.798. The first-order chi connectivity index (χ1) is 15.4. The summed E-state index contributed by atoms with van der Waals surface area (Å²) in [5.41, 5.74) is 3.09. The van der Waals surface area contributed by atoms with Gasteiger partial charge in [-0.15, -0.1) is 5.10 Å². The molecule has 5 aromatic rings. The van der Waals surface area contributed by atoms with Crippen LogP contribution in [0.25, 0.3) is 33.9 Å². The molecule has 0 spiro atoms. The molecule has 11 heteroatoms. The van der Waals surface area contributed by atoms with Crippen LogP contribution in [0.4, 0.5) is 6.01 Å². The molecule has 2 aromatic heterocycles. The lowest BCUT2D eigenvalue weighted by atomic mass is 10.1. The number of nitrogens with one attached hydrogen (secondary N) is 2. The van der Waals surface area contributed by atoms with Gasteiger partial charge in [0.25, 0.3) is 15.9 Å². The zero-order chi connectivity index (χ0) is 22.3. The molecule has 3 aromatic carbocycles. The molecule has 32 heavy (non-hydrogen) atoms. The molecule has 0 unspecified atom stereocenters. The first-order valence-corrected chi connectivity index (χ1v) is 12.3.